The molecule has 4 rings (SSSR count). The Kier molecular flexibility index (Phi) is 3.67. The highest BCUT2D eigenvalue weighted by molar-refractivity contribution is 5.92. The van der Waals surface area contributed by atoms with Crippen molar-refractivity contribution in [1.29, 1.82) is 0 Å². The van der Waals surface area contributed by atoms with E-state index in [2.05, 4.69) is 33.1 Å². The molecule has 1 aromatic heterocycles. The van der Waals surface area contributed by atoms with Crippen molar-refractivity contribution in [3.63, 3.8) is 0 Å². The fourth-order valence-corrected chi connectivity index (χ4v) is 3.08. The van der Waals surface area contributed by atoms with Crippen LogP contribution in [0.15, 0.2) is 36.7 Å². The van der Waals surface area contributed by atoms with E-state index in [1.165, 1.54) is 11.3 Å². The van der Waals surface area contributed by atoms with Gasteiger partial charge in [0.2, 0.25) is 0 Å². The molecule has 1 fully saturated rings. The van der Waals surface area contributed by atoms with Crippen molar-refractivity contribution in [1.82, 2.24) is 14.9 Å². The minimum Gasteiger partial charge on any atom is -0.378 e. The van der Waals surface area contributed by atoms with Gasteiger partial charge in [0, 0.05) is 25.3 Å². The molecule has 2 aliphatic rings. The third-order valence-corrected chi connectivity index (χ3v) is 4.32. The topological polar surface area (TPSA) is 58.6 Å². The lowest BCUT2D eigenvalue weighted by Gasteiger charge is -2.26. The highest BCUT2D eigenvalue weighted by Gasteiger charge is 2.23. The second-order valence-electron chi connectivity index (χ2n) is 5.69. The molecule has 6 heteroatoms. The summed E-state index contributed by atoms with van der Waals surface area (Å²) < 4.78 is 5.27. The number of amides is 1. The summed E-state index contributed by atoms with van der Waals surface area (Å²) in [6.07, 6.45) is 4.27. The summed E-state index contributed by atoms with van der Waals surface area (Å²) >= 11 is 0. The summed E-state index contributed by atoms with van der Waals surface area (Å²) in [4.78, 5) is 25.1. The van der Waals surface area contributed by atoms with Gasteiger partial charge in [0.1, 0.15) is 5.69 Å². The molecule has 0 saturated carbocycles. The van der Waals surface area contributed by atoms with E-state index in [-0.39, 0.29) is 5.91 Å². The number of carbonyl (C=O) groups excluding carboxylic acids is 1. The normalized spacial score (nSPS) is 17.2. The van der Waals surface area contributed by atoms with Crippen molar-refractivity contribution >= 4 is 17.4 Å². The van der Waals surface area contributed by atoms with Gasteiger partial charge in [0.25, 0.3) is 5.91 Å². The third-order valence-electron chi connectivity index (χ3n) is 4.32. The van der Waals surface area contributed by atoms with Gasteiger partial charge >= 0.3 is 0 Å². The zero-order chi connectivity index (χ0) is 15.6. The molecular weight excluding hydrogens is 292 g/mol. The molecule has 23 heavy (non-hydrogen) atoms. The van der Waals surface area contributed by atoms with Gasteiger partial charge in [-0.25, -0.2) is 9.97 Å². The molecule has 2 aromatic rings. The van der Waals surface area contributed by atoms with Crippen LogP contribution in [-0.4, -0.2) is 53.6 Å². The first-order chi connectivity index (χ1) is 11.3. The molecule has 0 spiro atoms. The SMILES string of the molecule is O=C(c1cnc(N2CCc3ccccc32)cn1)N1CCOCC1. The molecule has 0 bridgehead atoms. The molecular formula is C17H18N4O2. The van der Waals surface area contributed by atoms with Crippen molar-refractivity contribution in [3.8, 4) is 0 Å². The van der Waals surface area contributed by atoms with Crippen molar-refractivity contribution in [2.75, 3.05) is 37.7 Å². The molecule has 2 aliphatic heterocycles. The van der Waals surface area contributed by atoms with Crippen molar-refractivity contribution < 1.29 is 9.53 Å². The molecule has 1 aromatic carbocycles. The fraction of sp³-hybridized carbons (Fsp3) is 0.353. The molecule has 1 amide bonds. The second-order valence-corrected chi connectivity index (χ2v) is 5.69. The number of rotatable bonds is 2. The first-order valence-corrected chi connectivity index (χ1v) is 7.87. The number of ether oxygens (including phenoxy) is 1. The van der Waals surface area contributed by atoms with Crippen LogP contribution in [0.2, 0.25) is 0 Å². The van der Waals surface area contributed by atoms with E-state index in [9.17, 15) is 4.79 Å². The summed E-state index contributed by atoms with van der Waals surface area (Å²) in [5.41, 5.74) is 2.89. The number of hydrogen-bond donors (Lipinski definition) is 0. The Morgan fingerprint density at radius 2 is 1.87 bits per heavy atom. The lowest BCUT2D eigenvalue weighted by Crippen LogP contribution is -2.41. The minimum absolute atomic E-state index is 0.0748. The zero-order valence-corrected chi connectivity index (χ0v) is 12.8. The quantitative estimate of drug-likeness (QED) is 0.844. The summed E-state index contributed by atoms with van der Waals surface area (Å²) in [7, 11) is 0. The number of benzene rings is 1. The Bertz CT molecular complexity index is 711. The van der Waals surface area contributed by atoms with Gasteiger partial charge < -0.3 is 14.5 Å². The van der Waals surface area contributed by atoms with Gasteiger partial charge in [0.05, 0.1) is 25.6 Å². The number of nitrogens with zero attached hydrogens (tertiary/aromatic N) is 4. The van der Waals surface area contributed by atoms with Crippen LogP contribution >= 0.6 is 0 Å². The van der Waals surface area contributed by atoms with E-state index in [0.29, 0.717) is 32.0 Å². The molecule has 0 radical (unpaired) electrons. The second kappa shape index (κ2) is 5.96. The van der Waals surface area contributed by atoms with Crippen molar-refractivity contribution in [3.05, 3.63) is 47.9 Å². The molecule has 118 valence electrons. The van der Waals surface area contributed by atoms with E-state index in [4.69, 9.17) is 4.74 Å². The average molecular weight is 310 g/mol. The van der Waals surface area contributed by atoms with Crippen molar-refractivity contribution in [2.45, 2.75) is 6.42 Å². The molecule has 0 unspecified atom stereocenters. The zero-order valence-electron chi connectivity index (χ0n) is 12.8. The van der Waals surface area contributed by atoms with Crippen LogP contribution in [0.3, 0.4) is 0 Å². The third kappa shape index (κ3) is 2.66. The van der Waals surface area contributed by atoms with E-state index < -0.39 is 0 Å². The number of para-hydroxylation sites is 1. The van der Waals surface area contributed by atoms with Crippen LogP contribution in [0.1, 0.15) is 16.1 Å². The Morgan fingerprint density at radius 3 is 2.65 bits per heavy atom. The highest BCUT2D eigenvalue weighted by atomic mass is 16.5. The fourth-order valence-electron chi connectivity index (χ4n) is 3.08. The first kappa shape index (κ1) is 14.1. The van der Waals surface area contributed by atoms with Gasteiger partial charge in [-0.2, -0.15) is 0 Å². The average Bonchev–Trinajstić information content (AvgIpc) is 3.06. The standard InChI is InChI=1S/C17H18N4O2/c22-17(20-7-9-23-10-8-20)14-11-19-16(12-18-14)21-6-5-13-3-1-2-4-15(13)21/h1-4,11-12H,5-10H2. The van der Waals surface area contributed by atoms with Crippen LogP contribution in [0.5, 0.6) is 0 Å². The number of hydrogen-bond acceptors (Lipinski definition) is 5. The Hall–Kier alpha value is -2.47. The molecule has 6 nitrogen and oxygen atoms in total. The summed E-state index contributed by atoms with van der Waals surface area (Å²) in [6.45, 7) is 3.29. The largest absolute Gasteiger partial charge is 0.378 e. The molecule has 0 aliphatic carbocycles. The van der Waals surface area contributed by atoms with Crippen LogP contribution in [0.25, 0.3) is 0 Å². The van der Waals surface area contributed by atoms with Gasteiger partial charge in [0.15, 0.2) is 5.82 Å². The van der Waals surface area contributed by atoms with E-state index in [0.717, 1.165) is 18.8 Å². The number of anilines is 2. The highest BCUT2D eigenvalue weighted by Crippen LogP contribution is 2.32. The van der Waals surface area contributed by atoms with E-state index >= 15 is 0 Å². The van der Waals surface area contributed by atoms with Crippen LogP contribution in [0.4, 0.5) is 11.5 Å². The smallest absolute Gasteiger partial charge is 0.274 e. The van der Waals surface area contributed by atoms with Crippen LogP contribution < -0.4 is 4.90 Å². The monoisotopic (exact) mass is 310 g/mol. The molecule has 0 N–H and O–H groups in total. The Labute approximate surface area is 134 Å². The number of fused-ring (bicyclic) bond motifs is 1. The summed E-state index contributed by atoms with van der Waals surface area (Å²) in [6, 6.07) is 8.31. The maximum Gasteiger partial charge on any atom is 0.274 e. The molecule has 3 heterocycles. The first-order valence-electron chi connectivity index (χ1n) is 7.87. The lowest BCUT2D eigenvalue weighted by molar-refractivity contribution is 0.0298. The lowest BCUT2D eigenvalue weighted by atomic mass is 10.2. The van der Waals surface area contributed by atoms with Crippen molar-refractivity contribution in [2.24, 2.45) is 0 Å². The molecule has 0 atom stereocenters. The van der Waals surface area contributed by atoms with E-state index in [1.807, 2.05) is 6.07 Å². The number of aromatic nitrogens is 2. The van der Waals surface area contributed by atoms with Gasteiger partial charge in [-0.3, -0.25) is 4.79 Å². The Morgan fingerprint density at radius 1 is 1.04 bits per heavy atom. The van der Waals surface area contributed by atoms with Gasteiger partial charge in [-0.05, 0) is 18.1 Å². The predicted octanol–water partition coefficient (Wildman–Crippen LogP) is 1.64. The summed E-state index contributed by atoms with van der Waals surface area (Å²) in [5, 5.41) is 0. The maximum absolute atomic E-state index is 12.4. The predicted molar refractivity (Wildman–Crippen MR) is 85.9 cm³/mol. The maximum atomic E-state index is 12.4. The number of morpholine rings is 1. The van der Waals surface area contributed by atoms with Crippen LogP contribution in [-0.2, 0) is 11.2 Å². The van der Waals surface area contributed by atoms with Gasteiger partial charge in [-0.15, -0.1) is 0 Å². The Balaban J connectivity index is 1.53. The summed E-state index contributed by atoms with van der Waals surface area (Å²) in [5.74, 6) is 0.711. The van der Waals surface area contributed by atoms with Gasteiger partial charge in [-0.1, -0.05) is 18.2 Å². The molecule has 1 saturated heterocycles. The number of carbonyl (C=O) groups is 1. The van der Waals surface area contributed by atoms with E-state index in [1.54, 1.807) is 17.3 Å². The minimum atomic E-state index is -0.0748. The van der Waals surface area contributed by atoms with Crippen LogP contribution in [0, 0.1) is 0 Å².